The molecule has 0 unspecified atom stereocenters. The second kappa shape index (κ2) is 4.18. The molecule has 3 nitrogen and oxygen atoms in total. The zero-order chi connectivity index (χ0) is 12.5. The average Bonchev–Trinajstić information content (AvgIpc) is 2.71. The predicted octanol–water partition coefficient (Wildman–Crippen LogP) is 3.63. The SMILES string of the molecule is Cc1cccc(Nc2ccc3c(ccn3C)c2)n1. The van der Waals surface area contributed by atoms with E-state index in [0.29, 0.717) is 0 Å². The van der Waals surface area contributed by atoms with E-state index in [-0.39, 0.29) is 0 Å². The highest BCUT2D eigenvalue weighted by molar-refractivity contribution is 5.84. The average molecular weight is 237 g/mol. The van der Waals surface area contributed by atoms with Gasteiger partial charge in [0.25, 0.3) is 0 Å². The molecule has 0 fully saturated rings. The third kappa shape index (κ3) is 1.95. The van der Waals surface area contributed by atoms with Gasteiger partial charge < -0.3 is 9.88 Å². The van der Waals surface area contributed by atoms with Gasteiger partial charge in [-0.15, -0.1) is 0 Å². The molecule has 0 aliphatic heterocycles. The van der Waals surface area contributed by atoms with Crippen molar-refractivity contribution in [2.45, 2.75) is 6.92 Å². The van der Waals surface area contributed by atoms with Crippen LogP contribution in [-0.4, -0.2) is 9.55 Å². The molecule has 0 saturated carbocycles. The Bertz CT molecular complexity index is 698. The fourth-order valence-corrected chi connectivity index (χ4v) is 2.12. The van der Waals surface area contributed by atoms with Crippen molar-refractivity contribution < 1.29 is 0 Å². The first kappa shape index (κ1) is 10.8. The minimum atomic E-state index is 0.880. The van der Waals surface area contributed by atoms with Gasteiger partial charge in [0.2, 0.25) is 0 Å². The van der Waals surface area contributed by atoms with Gasteiger partial charge in [-0.1, -0.05) is 6.07 Å². The Morgan fingerprint density at radius 1 is 1.11 bits per heavy atom. The molecular formula is C15H15N3. The van der Waals surface area contributed by atoms with Gasteiger partial charge in [-0.2, -0.15) is 0 Å². The number of aromatic nitrogens is 2. The van der Waals surface area contributed by atoms with E-state index in [1.165, 1.54) is 10.9 Å². The lowest BCUT2D eigenvalue weighted by atomic mass is 10.2. The molecule has 18 heavy (non-hydrogen) atoms. The number of nitrogens with one attached hydrogen (secondary N) is 1. The molecule has 1 N–H and O–H groups in total. The number of fused-ring (bicyclic) bond motifs is 1. The van der Waals surface area contributed by atoms with Crippen LogP contribution in [0.5, 0.6) is 0 Å². The third-order valence-corrected chi connectivity index (χ3v) is 3.05. The quantitative estimate of drug-likeness (QED) is 0.737. The topological polar surface area (TPSA) is 29.9 Å². The lowest BCUT2D eigenvalue weighted by Crippen LogP contribution is -1.94. The number of anilines is 2. The zero-order valence-corrected chi connectivity index (χ0v) is 10.5. The van der Waals surface area contributed by atoms with E-state index in [2.05, 4.69) is 52.4 Å². The summed E-state index contributed by atoms with van der Waals surface area (Å²) >= 11 is 0. The normalized spacial score (nSPS) is 10.8. The lowest BCUT2D eigenvalue weighted by Gasteiger charge is -2.06. The van der Waals surface area contributed by atoms with E-state index in [4.69, 9.17) is 0 Å². The van der Waals surface area contributed by atoms with Gasteiger partial charge in [0.05, 0.1) is 0 Å². The Labute approximate surface area is 106 Å². The van der Waals surface area contributed by atoms with Crippen LogP contribution in [0.1, 0.15) is 5.69 Å². The summed E-state index contributed by atoms with van der Waals surface area (Å²) in [7, 11) is 2.05. The van der Waals surface area contributed by atoms with Crippen LogP contribution in [0.25, 0.3) is 10.9 Å². The van der Waals surface area contributed by atoms with Crippen molar-refractivity contribution in [1.29, 1.82) is 0 Å². The smallest absolute Gasteiger partial charge is 0.130 e. The van der Waals surface area contributed by atoms with Crippen LogP contribution in [0, 0.1) is 6.92 Å². The summed E-state index contributed by atoms with van der Waals surface area (Å²) < 4.78 is 2.12. The maximum atomic E-state index is 4.44. The largest absolute Gasteiger partial charge is 0.351 e. The van der Waals surface area contributed by atoms with E-state index in [0.717, 1.165) is 17.2 Å². The molecule has 0 aliphatic rings. The van der Waals surface area contributed by atoms with Gasteiger partial charge in [0.15, 0.2) is 0 Å². The van der Waals surface area contributed by atoms with Gasteiger partial charge in [0, 0.05) is 35.5 Å². The Balaban J connectivity index is 1.95. The van der Waals surface area contributed by atoms with Crippen LogP contribution < -0.4 is 5.32 Å². The molecule has 3 heteroatoms. The molecule has 0 radical (unpaired) electrons. The molecule has 90 valence electrons. The van der Waals surface area contributed by atoms with Crippen molar-refractivity contribution in [3.05, 3.63) is 54.4 Å². The van der Waals surface area contributed by atoms with Crippen LogP contribution in [-0.2, 0) is 7.05 Å². The first-order chi connectivity index (χ1) is 8.72. The number of benzene rings is 1. The highest BCUT2D eigenvalue weighted by atomic mass is 15.0. The second-order valence-electron chi connectivity index (χ2n) is 4.49. The summed E-state index contributed by atoms with van der Waals surface area (Å²) in [5, 5.41) is 4.56. The molecule has 0 bridgehead atoms. The summed E-state index contributed by atoms with van der Waals surface area (Å²) in [6.45, 7) is 1.99. The van der Waals surface area contributed by atoms with Crippen molar-refractivity contribution in [2.24, 2.45) is 7.05 Å². The first-order valence-corrected chi connectivity index (χ1v) is 5.98. The van der Waals surface area contributed by atoms with E-state index in [1.54, 1.807) is 0 Å². The molecular weight excluding hydrogens is 222 g/mol. The molecule has 0 saturated heterocycles. The van der Waals surface area contributed by atoms with Crippen LogP contribution in [0.15, 0.2) is 48.7 Å². The summed E-state index contributed by atoms with van der Waals surface area (Å²) in [5.41, 5.74) is 3.31. The minimum absolute atomic E-state index is 0.880. The number of pyridine rings is 1. The second-order valence-corrected chi connectivity index (χ2v) is 4.49. The summed E-state index contributed by atoms with van der Waals surface area (Å²) in [6.07, 6.45) is 2.07. The molecule has 3 rings (SSSR count). The van der Waals surface area contributed by atoms with Gasteiger partial charge >= 0.3 is 0 Å². The first-order valence-electron chi connectivity index (χ1n) is 5.98. The van der Waals surface area contributed by atoms with Gasteiger partial charge in [0.1, 0.15) is 5.82 Å². The highest BCUT2D eigenvalue weighted by Gasteiger charge is 2.00. The van der Waals surface area contributed by atoms with Crippen LogP contribution in [0.2, 0.25) is 0 Å². The number of aryl methyl sites for hydroxylation is 2. The van der Waals surface area contributed by atoms with Crippen molar-refractivity contribution in [3.8, 4) is 0 Å². The minimum Gasteiger partial charge on any atom is -0.351 e. The Hall–Kier alpha value is -2.29. The van der Waals surface area contributed by atoms with Crippen molar-refractivity contribution in [2.75, 3.05) is 5.32 Å². The van der Waals surface area contributed by atoms with Gasteiger partial charge in [-0.05, 0) is 43.3 Å². The Kier molecular flexibility index (Phi) is 2.52. The molecule has 0 amide bonds. The van der Waals surface area contributed by atoms with E-state index in [1.807, 2.05) is 25.1 Å². The molecule has 0 aliphatic carbocycles. The van der Waals surface area contributed by atoms with Gasteiger partial charge in [-0.25, -0.2) is 4.98 Å². The third-order valence-electron chi connectivity index (χ3n) is 3.05. The summed E-state index contributed by atoms with van der Waals surface area (Å²) in [4.78, 5) is 4.44. The number of rotatable bonds is 2. The van der Waals surface area contributed by atoms with Crippen molar-refractivity contribution >= 4 is 22.4 Å². The lowest BCUT2D eigenvalue weighted by molar-refractivity contribution is 0.969. The van der Waals surface area contributed by atoms with Crippen molar-refractivity contribution in [3.63, 3.8) is 0 Å². The Morgan fingerprint density at radius 3 is 2.83 bits per heavy atom. The van der Waals surface area contributed by atoms with Gasteiger partial charge in [-0.3, -0.25) is 0 Å². The van der Waals surface area contributed by atoms with Crippen LogP contribution >= 0.6 is 0 Å². The van der Waals surface area contributed by atoms with Crippen LogP contribution in [0.4, 0.5) is 11.5 Å². The molecule has 2 aromatic heterocycles. The number of hydrogen-bond acceptors (Lipinski definition) is 2. The molecule has 2 heterocycles. The molecule has 1 aromatic carbocycles. The van der Waals surface area contributed by atoms with E-state index in [9.17, 15) is 0 Å². The Morgan fingerprint density at radius 2 is 2.00 bits per heavy atom. The standard InChI is InChI=1S/C15H15N3/c1-11-4-3-5-15(16-11)17-13-6-7-14-12(10-13)8-9-18(14)2/h3-10H,1-2H3,(H,16,17). The predicted molar refractivity (Wildman–Crippen MR) is 75.2 cm³/mol. The fourth-order valence-electron chi connectivity index (χ4n) is 2.12. The van der Waals surface area contributed by atoms with E-state index < -0.39 is 0 Å². The number of nitrogens with zero attached hydrogens (tertiary/aromatic N) is 2. The summed E-state index contributed by atoms with van der Waals surface area (Å²) in [6, 6.07) is 14.4. The highest BCUT2D eigenvalue weighted by Crippen LogP contribution is 2.22. The summed E-state index contributed by atoms with van der Waals surface area (Å²) in [5.74, 6) is 0.880. The fraction of sp³-hybridized carbons (Fsp3) is 0.133. The maximum Gasteiger partial charge on any atom is 0.130 e. The van der Waals surface area contributed by atoms with E-state index >= 15 is 0 Å². The maximum absolute atomic E-state index is 4.44. The number of hydrogen-bond donors (Lipinski definition) is 1. The monoisotopic (exact) mass is 237 g/mol. The molecule has 3 aromatic rings. The molecule has 0 atom stereocenters. The zero-order valence-electron chi connectivity index (χ0n) is 10.5. The van der Waals surface area contributed by atoms with Crippen molar-refractivity contribution in [1.82, 2.24) is 9.55 Å². The van der Waals surface area contributed by atoms with Crippen LogP contribution in [0.3, 0.4) is 0 Å². The molecule has 0 spiro atoms.